The molecule has 3 amide bonds. The number of urea groups is 1. The molecule has 0 unspecified atom stereocenters. The Labute approximate surface area is 162 Å². The van der Waals surface area contributed by atoms with Crippen molar-refractivity contribution in [2.45, 2.75) is 25.9 Å². The number of H-pyrrole nitrogens is 1. The van der Waals surface area contributed by atoms with E-state index in [1.807, 2.05) is 0 Å². The molecule has 1 aliphatic heterocycles. The van der Waals surface area contributed by atoms with Crippen molar-refractivity contribution in [3.05, 3.63) is 41.0 Å². The van der Waals surface area contributed by atoms with E-state index >= 15 is 0 Å². The Morgan fingerprint density at radius 3 is 2.97 bits per heavy atom. The lowest BCUT2D eigenvalue weighted by Crippen LogP contribution is -2.56. The zero-order chi connectivity index (χ0) is 20.6. The van der Waals surface area contributed by atoms with Gasteiger partial charge in [0, 0.05) is 6.54 Å². The molecule has 1 aromatic carbocycles. The van der Waals surface area contributed by atoms with Crippen molar-refractivity contribution in [3.63, 3.8) is 0 Å². The van der Waals surface area contributed by atoms with Crippen molar-refractivity contribution in [2.75, 3.05) is 13.1 Å². The van der Waals surface area contributed by atoms with Crippen LogP contribution in [0.3, 0.4) is 0 Å². The largest absolute Gasteiger partial charge is 0.343 e. The van der Waals surface area contributed by atoms with Gasteiger partial charge in [-0.1, -0.05) is 11.2 Å². The van der Waals surface area contributed by atoms with Gasteiger partial charge in [-0.05, 0) is 29.8 Å². The fourth-order valence-electron chi connectivity index (χ4n) is 3.05. The fraction of sp³-hybridized carbons (Fsp3) is 0.353. The minimum Gasteiger partial charge on any atom is -0.343 e. The van der Waals surface area contributed by atoms with Gasteiger partial charge in [-0.2, -0.15) is 0 Å². The van der Waals surface area contributed by atoms with Crippen LogP contribution in [0.4, 0.5) is 13.6 Å². The maximum Gasteiger partial charge on any atom is 0.318 e. The Kier molecular flexibility index (Phi) is 4.60. The van der Waals surface area contributed by atoms with Crippen LogP contribution in [-0.4, -0.2) is 56.1 Å². The zero-order valence-corrected chi connectivity index (χ0v) is 15.3. The van der Waals surface area contributed by atoms with E-state index in [9.17, 15) is 18.4 Å². The second-order valence-corrected chi connectivity index (χ2v) is 6.79. The van der Waals surface area contributed by atoms with E-state index in [1.54, 1.807) is 25.1 Å². The number of alkyl halides is 2. The average molecular weight is 405 g/mol. The number of nitrogens with zero attached hydrogens (tertiary/aromatic N) is 4. The van der Waals surface area contributed by atoms with Crippen LogP contribution < -0.4 is 10.6 Å². The molecule has 10 nitrogen and oxygen atoms in total. The fourth-order valence-corrected chi connectivity index (χ4v) is 3.05. The quantitative estimate of drug-likeness (QED) is 0.588. The molecule has 12 heteroatoms. The summed E-state index contributed by atoms with van der Waals surface area (Å²) in [4.78, 5) is 32.4. The van der Waals surface area contributed by atoms with Crippen molar-refractivity contribution >= 4 is 23.0 Å². The highest BCUT2D eigenvalue weighted by atomic mass is 19.3. The summed E-state index contributed by atoms with van der Waals surface area (Å²) >= 11 is 0. The monoisotopic (exact) mass is 405 g/mol. The molecule has 0 radical (unpaired) electrons. The number of fused-ring (bicyclic) bond motifs is 1. The first-order valence-corrected chi connectivity index (χ1v) is 8.76. The van der Waals surface area contributed by atoms with Crippen LogP contribution in [0.15, 0.2) is 22.8 Å². The average Bonchev–Trinajstić information content (AvgIpc) is 3.28. The van der Waals surface area contributed by atoms with E-state index < -0.39 is 31.0 Å². The van der Waals surface area contributed by atoms with E-state index in [0.717, 1.165) is 4.90 Å². The molecular weight excluding hydrogens is 388 g/mol. The van der Waals surface area contributed by atoms with E-state index in [-0.39, 0.29) is 18.8 Å². The molecular formula is C17H17F2N7O3. The van der Waals surface area contributed by atoms with E-state index in [0.29, 0.717) is 28.1 Å². The molecule has 1 aliphatic rings. The van der Waals surface area contributed by atoms with Gasteiger partial charge in [-0.3, -0.25) is 4.79 Å². The number of aromatic amines is 1. The van der Waals surface area contributed by atoms with Crippen molar-refractivity contribution in [1.29, 1.82) is 0 Å². The highest BCUT2D eigenvalue weighted by molar-refractivity contribution is 5.92. The smallest absolute Gasteiger partial charge is 0.318 e. The lowest BCUT2D eigenvalue weighted by atomic mass is 10.1. The Balaban J connectivity index is 1.44. The Morgan fingerprint density at radius 2 is 2.21 bits per heavy atom. The van der Waals surface area contributed by atoms with Crippen LogP contribution in [0.2, 0.25) is 0 Å². The number of hydrogen-bond donors (Lipinski definition) is 3. The first kappa shape index (κ1) is 18.8. The maximum absolute atomic E-state index is 13.5. The summed E-state index contributed by atoms with van der Waals surface area (Å²) in [6, 6.07) is 4.65. The highest BCUT2D eigenvalue weighted by Crippen LogP contribution is 2.21. The van der Waals surface area contributed by atoms with Gasteiger partial charge in [0.2, 0.25) is 0 Å². The summed E-state index contributed by atoms with van der Waals surface area (Å²) in [6.45, 7) is 0.484. The number of carbonyl (C=O) groups excluding carboxylic acids is 2. The molecule has 3 heterocycles. The maximum atomic E-state index is 13.5. The number of amides is 3. The summed E-state index contributed by atoms with van der Waals surface area (Å²) < 4.78 is 31.6. The number of carbonyl (C=O) groups is 2. The lowest BCUT2D eigenvalue weighted by molar-refractivity contribution is -0.0367. The summed E-state index contributed by atoms with van der Waals surface area (Å²) in [5.74, 6) is -2.90. The number of imidazole rings is 1. The number of halogens is 2. The SMILES string of the molecule is Cc1nonc1C(=O)NCc1nc2ccc(CN3CC(F)(F)CNC3=O)cc2[nH]1. The van der Waals surface area contributed by atoms with Gasteiger partial charge < -0.3 is 20.5 Å². The Hall–Kier alpha value is -3.57. The molecule has 1 saturated heterocycles. The summed E-state index contributed by atoms with van der Waals surface area (Å²) in [5.41, 5.74) is 2.46. The topological polar surface area (TPSA) is 129 Å². The van der Waals surface area contributed by atoms with Gasteiger partial charge in [0.25, 0.3) is 11.8 Å². The van der Waals surface area contributed by atoms with Crippen LogP contribution in [0.1, 0.15) is 27.6 Å². The molecule has 4 rings (SSSR count). The van der Waals surface area contributed by atoms with Gasteiger partial charge in [0.1, 0.15) is 11.5 Å². The third kappa shape index (κ3) is 4.00. The minimum atomic E-state index is -2.96. The summed E-state index contributed by atoms with van der Waals surface area (Å²) in [7, 11) is 0. The molecule has 2 aromatic heterocycles. The zero-order valence-electron chi connectivity index (χ0n) is 15.3. The second kappa shape index (κ2) is 7.11. The number of rotatable bonds is 5. The van der Waals surface area contributed by atoms with Crippen molar-refractivity contribution in [3.8, 4) is 0 Å². The highest BCUT2D eigenvalue weighted by Gasteiger charge is 2.38. The van der Waals surface area contributed by atoms with Crippen molar-refractivity contribution in [2.24, 2.45) is 0 Å². The first-order valence-electron chi connectivity index (χ1n) is 8.76. The molecule has 0 saturated carbocycles. The van der Waals surface area contributed by atoms with Crippen LogP contribution in [0, 0.1) is 6.92 Å². The van der Waals surface area contributed by atoms with E-state index in [2.05, 4.69) is 35.5 Å². The van der Waals surface area contributed by atoms with Gasteiger partial charge in [-0.25, -0.2) is 23.2 Å². The number of nitrogens with one attached hydrogen (secondary N) is 3. The van der Waals surface area contributed by atoms with Crippen LogP contribution in [0.5, 0.6) is 0 Å². The van der Waals surface area contributed by atoms with Crippen LogP contribution in [-0.2, 0) is 13.1 Å². The normalized spacial score (nSPS) is 16.1. The predicted octanol–water partition coefficient (Wildman–Crippen LogP) is 1.34. The summed E-state index contributed by atoms with van der Waals surface area (Å²) in [6.07, 6.45) is 0. The van der Waals surface area contributed by atoms with Crippen molar-refractivity contribution in [1.82, 2.24) is 35.8 Å². The van der Waals surface area contributed by atoms with Crippen LogP contribution >= 0.6 is 0 Å². The Bertz CT molecular complexity index is 1080. The minimum absolute atomic E-state index is 0.0425. The molecule has 0 atom stereocenters. The lowest BCUT2D eigenvalue weighted by Gasteiger charge is -2.32. The molecule has 3 aromatic rings. The molecule has 0 spiro atoms. The van der Waals surface area contributed by atoms with Crippen molar-refractivity contribution < 1.29 is 23.0 Å². The molecule has 152 valence electrons. The third-order valence-corrected chi connectivity index (χ3v) is 4.46. The van der Waals surface area contributed by atoms with Gasteiger partial charge in [0.15, 0.2) is 5.69 Å². The van der Waals surface area contributed by atoms with E-state index in [1.165, 1.54) is 0 Å². The van der Waals surface area contributed by atoms with Crippen LogP contribution in [0.25, 0.3) is 11.0 Å². The van der Waals surface area contributed by atoms with Gasteiger partial charge in [-0.15, -0.1) is 0 Å². The number of hydrogen-bond acceptors (Lipinski definition) is 6. The molecule has 3 N–H and O–H groups in total. The number of aryl methyl sites for hydroxylation is 1. The van der Waals surface area contributed by atoms with Gasteiger partial charge >= 0.3 is 6.03 Å². The first-order chi connectivity index (χ1) is 13.8. The summed E-state index contributed by atoms with van der Waals surface area (Å²) in [5, 5.41) is 11.9. The van der Waals surface area contributed by atoms with Gasteiger partial charge in [0.05, 0.1) is 30.7 Å². The Morgan fingerprint density at radius 1 is 1.38 bits per heavy atom. The molecule has 0 bridgehead atoms. The molecule has 0 aliphatic carbocycles. The standard InChI is InChI=1S/C17H17F2N7O3/c1-9-14(25-29-24-9)15(27)20-5-13-22-11-3-2-10(4-12(11)23-13)6-26-8-17(18,19)7-21-16(26)28/h2-4H,5-8H2,1H3,(H,20,27)(H,21,28)(H,22,23). The molecule has 1 fully saturated rings. The molecule has 29 heavy (non-hydrogen) atoms. The third-order valence-electron chi connectivity index (χ3n) is 4.46. The number of benzene rings is 1. The number of aromatic nitrogens is 4. The predicted molar refractivity (Wildman–Crippen MR) is 95.1 cm³/mol. The van der Waals surface area contributed by atoms with E-state index in [4.69, 9.17) is 0 Å². The second-order valence-electron chi connectivity index (χ2n) is 6.79.